The Labute approximate surface area is 121 Å². The molecule has 6 heteroatoms. The molecular weight excluding hydrogens is 274 g/mol. The van der Waals surface area contributed by atoms with Gasteiger partial charge in [0.2, 0.25) is 0 Å². The summed E-state index contributed by atoms with van der Waals surface area (Å²) in [7, 11) is -1.72. The van der Waals surface area contributed by atoms with E-state index in [1.165, 1.54) is 4.31 Å². The summed E-state index contributed by atoms with van der Waals surface area (Å²) in [6.07, 6.45) is 0.859. The first-order chi connectivity index (χ1) is 9.51. The lowest BCUT2D eigenvalue weighted by molar-refractivity contribution is 0.367. The van der Waals surface area contributed by atoms with Crippen molar-refractivity contribution >= 4 is 10.2 Å². The molecule has 5 nitrogen and oxygen atoms in total. The Morgan fingerprint density at radius 2 is 2.00 bits per heavy atom. The molecule has 1 aromatic carbocycles. The first-order valence-electron chi connectivity index (χ1n) is 6.98. The first kappa shape index (κ1) is 15.4. The Kier molecular flexibility index (Phi) is 5.15. The van der Waals surface area contributed by atoms with Gasteiger partial charge in [-0.05, 0) is 31.0 Å². The van der Waals surface area contributed by atoms with Crippen LogP contribution in [-0.2, 0) is 16.8 Å². The second-order valence-electron chi connectivity index (χ2n) is 5.19. The normalized spacial score (nSPS) is 18.1. The summed E-state index contributed by atoms with van der Waals surface area (Å²) in [6.45, 7) is 5.16. The van der Waals surface area contributed by atoms with E-state index in [-0.39, 0.29) is 0 Å². The van der Waals surface area contributed by atoms with Gasteiger partial charge in [0.15, 0.2) is 0 Å². The van der Waals surface area contributed by atoms with Gasteiger partial charge in [0.1, 0.15) is 0 Å². The van der Waals surface area contributed by atoms with E-state index in [0.29, 0.717) is 19.6 Å². The van der Waals surface area contributed by atoms with Crippen LogP contribution in [0.2, 0.25) is 0 Å². The molecule has 0 aromatic heterocycles. The van der Waals surface area contributed by atoms with Crippen LogP contribution < -0.4 is 5.32 Å². The molecule has 1 fully saturated rings. The van der Waals surface area contributed by atoms with Gasteiger partial charge in [0.05, 0.1) is 0 Å². The fourth-order valence-electron chi connectivity index (χ4n) is 2.36. The van der Waals surface area contributed by atoms with Crippen LogP contribution in [0.4, 0.5) is 0 Å². The third-order valence-electron chi connectivity index (χ3n) is 3.67. The number of hydrogen-bond acceptors (Lipinski definition) is 3. The summed E-state index contributed by atoms with van der Waals surface area (Å²) < 4.78 is 28.2. The smallest absolute Gasteiger partial charge is 0.282 e. The van der Waals surface area contributed by atoms with E-state index in [2.05, 4.69) is 5.32 Å². The van der Waals surface area contributed by atoms with Gasteiger partial charge in [-0.15, -0.1) is 0 Å². The van der Waals surface area contributed by atoms with E-state index in [1.54, 1.807) is 11.4 Å². The first-order valence-corrected chi connectivity index (χ1v) is 8.38. The Bertz CT molecular complexity index is 537. The van der Waals surface area contributed by atoms with Gasteiger partial charge in [-0.2, -0.15) is 17.0 Å². The van der Waals surface area contributed by atoms with Crippen LogP contribution in [0, 0.1) is 6.92 Å². The highest BCUT2D eigenvalue weighted by molar-refractivity contribution is 7.86. The molecule has 1 aromatic rings. The molecule has 20 heavy (non-hydrogen) atoms. The average molecular weight is 297 g/mol. The Hall–Kier alpha value is -0.950. The van der Waals surface area contributed by atoms with Gasteiger partial charge < -0.3 is 5.32 Å². The maximum Gasteiger partial charge on any atom is 0.282 e. The standard InChI is InChI=1S/C14H23N3O2S/c1-13-6-3-4-7-14(13)12-16(2)20(18,19)17-10-5-8-15-9-11-17/h3-4,6-7,15H,5,8-12H2,1-2H3. The molecule has 1 aliphatic heterocycles. The molecule has 0 radical (unpaired) electrons. The summed E-state index contributed by atoms with van der Waals surface area (Å²) in [5.41, 5.74) is 2.17. The van der Waals surface area contributed by atoms with Crippen LogP contribution >= 0.6 is 0 Å². The molecule has 112 valence electrons. The molecule has 0 amide bonds. The molecule has 1 saturated heterocycles. The van der Waals surface area contributed by atoms with E-state index < -0.39 is 10.2 Å². The highest BCUT2D eigenvalue weighted by atomic mass is 32.2. The summed E-state index contributed by atoms with van der Waals surface area (Å²) in [5, 5.41) is 3.22. The lowest BCUT2D eigenvalue weighted by Crippen LogP contribution is -2.43. The fourth-order valence-corrected chi connectivity index (χ4v) is 3.74. The minimum absolute atomic E-state index is 0.416. The van der Waals surface area contributed by atoms with Crippen molar-refractivity contribution in [3.05, 3.63) is 35.4 Å². The lowest BCUT2D eigenvalue weighted by atomic mass is 10.1. The zero-order chi connectivity index (χ0) is 14.6. The van der Waals surface area contributed by atoms with Crippen molar-refractivity contribution < 1.29 is 8.42 Å². The monoisotopic (exact) mass is 297 g/mol. The second kappa shape index (κ2) is 6.67. The van der Waals surface area contributed by atoms with Crippen molar-refractivity contribution in [2.45, 2.75) is 19.9 Å². The number of rotatable bonds is 4. The summed E-state index contributed by atoms with van der Waals surface area (Å²) in [6, 6.07) is 7.89. The predicted octanol–water partition coefficient (Wildman–Crippen LogP) is 0.967. The van der Waals surface area contributed by atoms with Gasteiger partial charge in [-0.3, -0.25) is 0 Å². The van der Waals surface area contributed by atoms with Crippen molar-refractivity contribution in [3.63, 3.8) is 0 Å². The molecule has 0 bridgehead atoms. The van der Waals surface area contributed by atoms with E-state index in [1.807, 2.05) is 31.2 Å². The maximum atomic E-state index is 12.6. The van der Waals surface area contributed by atoms with Crippen molar-refractivity contribution in [2.24, 2.45) is 0 Å². The topological polar surface area (TPSA) is 52.7 Å². The van der Waals surface area contributed by atoms with Crippen LogP contribution in [0.1, 0.15) is 17.5 Å². The van der Waals surface area contributed by atoms with Gasteiger partial charge in [0.25, 0.3) is 10.2 Å². The molecule has 1 N–H and O–H groups in total. The summed E-state index contributed by atoms with van der Waals surface area (Å²) in [5.74, 6) is 0. The number of nitrogens with one attached hydrogen (secondary N) is 1. The number of nitrogens with zero attached hydrogens (tertiary/aromatic N) is 2. The van der Waals surface area contributed by atoms with E-state index >= 15 is 0 Å². The number of hydrogen-bond donors (Lipinski definition) is 1. The quantitative estimate of drug-likeness (QED) is 0.901. The van der Waals surface area contributed by atoms with Crippen LogP contribution in [0.3, 0.4) is 0 Å². The molecule has 1 aliphatic rings. The predicted molar refractivity (Wildman–Crippen MR) is 80.6 cm³/mol. The van der Waals surface area contributed by atoms with Crippen LogP contribution in [-0.4, -0.2) is 50.3 Å². The zero-order valence-electron chi connectivity index (χ0n) is 12.2. The minimum atomic E-state index is -3.37. The lowest BCUT2D eigenvalue weighted by Gasteiger charge is -2.26. The second-order valence-corrected chi connectivity index (χ2v) is 7.23. The largest absolute Gasteiger partial charge is 0.315 e. The van der Waals surface area contributed by atoms with Crippen molar-refractivity contribution in [3.8, 4) is 0 Å². The Balaban J connectivity index is 2.10. The number of benzene rings is 1. The maximum absolute atomic E-state index is 12.6. The van der Waals surface area contributed by atoms with Gasteiger partial charge in [-0.25, -0.2) is 0 Å². The Morgan fingerprint density at radius 3 is 2.75 bits per heavy atom. The zero-order valence-corrected chi connectivity index (χ0v) is 13.0. The molecule has 0 unspecified atom stereocenters. The van der Waals surface area contributed by atoms with E-state index in [9.17, 15) is 8.42 Å². The van der Waals surface area contributed by atoms with Crippen LogP contribution in [0.5, 0.6) is 0 Å². The SMILES string of the molecule is Cc1ccccc1CN(C)S(=O)(=O)N1CCCNCC1. The van der Waals surface area contributed by atoms with Gasteiger partial charge >= 0.3 is 0 Å². The third-order valence-corrected chi connectivity index (χ3v) is 5.61. The molecule has 2 rings (SSSR count). The molecule has 1 heterocycles. The third kappa shape index (κ3) is 3.58. The van der Waals surface area contributed by atoms with Gasteiger partial charge in [0, 0.05) is 33.2 Å². The van der Waals surface area contributed by atoms with Gasteiger partial charge in [-0.1, -0.05) is 24.3 Å². The minimum Gasteiger partial charge on any atom is -0.315 e. The number of aryl methyl sites for hydroxylation is 1. The molecule has 0 saturated carbocycles. The molecule has 0 atom stereocenters. The highest BCUT2D eigenvalue weighted by Crippen LogP contribution is 2.15. The van der Waals surface area contributed by atoms with E-state index in [0.717, 1.165) is 30.6 Å². The molecular formula is C14H23N3O2S. The Morgan fingerprint density at radius 1 is 1.25 bits per heavy atom. The molecule has 0 spiro atoms. The van der Waals surface area contributed by atoms with Crippen LogP contribution in [0.25, 0.3) is 0 Å². The van der Waals surface area contributed by atoms with Crippen LogP contribution in [0.15, 0.2) is 24.3 Å². The van der Waals surface area contributed by atoms with Crippen molar-refractivity contribution in [2.75, 3.05) is 33.2 Å². The summed E-state index contributed by atoms with van der Waals surface area (Å²) >= 11 is 0. The average Bonchev–Trinajstić information content (AvgIpc) is 2.70. The highest BCUT2D eigenvalue weighted by Gasteiger charge is 2.27. The molecule has 0 aliphatic carbocycles. The van der Waals surface area contributed by atoms with Crippen molar-refractivity contribution in [1.29, 1.82) is 0 Å². The summed E-state index contributed by atoms with van der Waals surface area (Å²) in [4.78, 5) is 0. The van der Waals surface area contributed by atoms with Crippen molar-refractivity contribution in [1.82, 2.24) is 13.9 Å². The fraction of sp³-hybridized carbons (Fsp3) is 0.571. The van der Waals surface area contributed by atoms with E-state index in [4.69, 9.17) is 0 Å².